The molecule has 2 heterocycles. The van der Waals surface area contributed by atoms with Crippen molar-refractivity contribution >= 4 is 21.7 Å². The minimum Gasteiger partial charge on any atom is -0.356 e. The molecule has 0 aliphatic carbocycles. The molecule has 1 atom stereocenters. The van der Waals surface area contributed by atoms with Crippen LogP contribution >= 0.6 is 15.9 Å². The van der Waals surface area contributed by atoms with E-state index in [0.717, 1.165) is 13.1 Å². The van der Waals surface area contributed by atoms with Crippen molar-refractivity contribution in [1.82, 2.24) is 9.88 Å². The van der Waals surface area contributed by atoms with Crippen molar-refractivity contribution in [3.05, 3.63) is 22.6 Å². The number of nitrogens with zero attached hydrogens (tertiary/aromatic N) is 3. The molecule has 0 radical (unpaired) electrons. The normalized spacial score (nSPS) is 20.8. The lowest BCUT2D eigenvalue weighted by Gasteiger charge is -2.26. The molecule has 1 aromatic rings. The average molecular weight is 302 g/mol. The maximum atomic E-state index is 13.7. The fraction of sp³-hybridized carbons (Fsp3) is 0.583. The first kappa shape index (κ1) is 12.8. The van der Waals surface area contributed by atoms with Crippen LogP contribution in [0.15, 0.2) is 16.7 Å². The number of anilines is 1. The Balaban J connectivity index is 2.06. The molecule has 1 saturated heterocycles. The van der Waals surface area contributed by atoms with Gasteiger partial charge in [0, 0.05) is 30.3 Å². The second kappa shape index (κ2) is 5.31. The van der Waals surface area contributed by atoms with Gasteiger partial charge in [-0.15, -0.1) is 0 Å². The van der Waals surface area contributed by atoms with Crippen LogP contribution in [0.3, 0.4) is 0 Å². The molecule has 0 amide bonds. The van der Waals surface area contributed by atoms with Crippen LogP contribution in [-0.2, 0) is 0 Å². The van der Waals surface area contributed by atoms with Gasteiger partial charge in [-0.3, -0.25) is 0 Å². The molecule has 5 heteroatoms. The Morgan fingerprint density at radius 1 is 1.65 bits per heavy atom. The molecule has 94 valence electrons. The van der Waals surface area contributed by atoms with E-state index >= 15 is 0 Å². The van der Waals surface area contributed by atoms with Gasteiger partial charge in [0.05, 0.1) is 0 Å². The number of likely N-dealkylation sites (tertiary alicyclic amines) is 1. The summed E-state index contributed by atoms with van der Waals surface area (Å²) >= 11 is 3.21. The molecule has 0 saturated carbocycles. The van der Waals surface area contributed by atoms with Gasteiger partial charge >= 0.3 is 0 Å². The van der Waals surface area contributed by atoms with E-state index in [2.05, 4.69) is 32.9 Å². The third-order valence-electron chi connectivity index (χ3n) is 3.31. The fourth-order valence-electron chi connectivity index (χ4n) is 2.30. The number of hydrogen-bond donors (Lipinski definition) is 0. The lowest BCUT2D eigenvalue weighted by atomic mass is 10.2. The molecule has 17 heavy (non-hydrogen) atoms. The number of likely N-dealkylation sites (N-methyl/N-ethyl adjacent to an activating group) is 2. The standard InChI is InChI=1S/C12H17BrFN3/c1-16-5-3-4-10(16)8-17(2)12-11(14)6-9(13)7-15-12/h6-7,10H,3-5,8H2,1-2H3. The Morgan fingerprint density at radius 3 is 3.00 bits per heavy atom. The quantitative estimate of drug-likeness (QED) is 0.855. The summed E-state index contributed by atoms with van der Waals surface area (Å²) in [5.41, 5.74) is 0. The van der Waals surface area contributed by atoms with Gasteiger partial charge < -0.3 is 9.80 Å². The van der Waals surface area contributed by atoms with Crippen LogP contribution in [0.4, 0.5) is 10.2 Å². The van der Waals surface area contributed by atoms with Gasteiger partial charge in [-0.25, -0.2) is 9.37 Å². The van der Waals surface area contributed by atoms with E-state index < -0.39 is 0 Å². The Morgan fingerprint density at radius 2 is 2.41 bits per heavy atom. The molecule has 0 bridgehead atoms. The van der Waals surface area contributed by atoms with Crippen molar-refractivity contribution in [3.8, 4) is 0 Å². The molecule has 1 aliphatic heterocycles. The summed E-state index contributed by atoms with van der Waals surface area (Å²) in [5, 5.41) is 0. The molecule has 1 aromatic heterocycles. The highest BCUT2D eigenvalue weighted by atomic mass is 79.9. The van der Waals surface area contributed by atoms with E-state index in [0.29, 0.717) is 16.3 Å². The Hall–Kier alpha value is -0.680. The van der Waals surface area contributed by atoms with Gasteiger partial charge in [0.25, 0.3) is 0 Å². The molecule has 1 unspecified atom stereocenters. The van der Waals surface area contributed by atoms with Crippen molar-refractivity contribution in [3.63, 3.8) is 0 Å². The predicted molar refractivity (Wildman–Crippen MR) is 70.8 cm³/mol. The van der Waals surface area contributed by atoms with Crippen molar-refractivity contribution in [2.24, 2.45) is 0 Å². The van der Waals surface area contributed by atoms with E-state index in [4.69, 9.17) is 0 Å². The van der Waals surface area contributed by atoms with Crippen molar-refractivity contribution < 1.29 is 4.39 Å². The highest BCUT2D eigenvalue weighted by molar-refractivity contribution is 9.10. The van der Waals surface area contributed by atoms with Crippen LogP contribution < -0.4 is 4.90 Å². The zero-order valence-electron chi connectivity index (χ0n) is 10.2. The smallest absolute Gasteiger partial charge is 0.166 e. The summed E-state index contributed by atoms with van der Waals surface area (Å²) in [7, 11) is 4.02. The molecule has 1 aliphatic rings. The van der Waals surface area contributed by atoms with Gasteiger partial charge in [0.1, 0.15) is 0 Å². The summed E-state index contributed by atoms with van der Waals surface area (Å²) in [6, 6.07) is 1.96. The molecule has 0 N–H and O–H groups in total. The first-order valence-electron chi connectivity index (χ1n) is 5.80. The topological polar surface area (TPSA) is 19.4 Å². The summed E-state index contributed by atoms with van der Waals surface area (Å²) in [4.78, 5) is 8.35. The number of hydrogen-bond acceptors (Lipinski definition) is 3. The number of rotatable bonds is 3. The molecule has 1 fully saturated rings. The monoisotopic (exact) mass is 301 g/mol. The van der Waals surface area contributed by atoms with Gasteiger partial charge in [-0.1, -0.05) is 0 Å². The molecule has 3 nitrogen and oxygen atoms in total. The summed E-state index contributed by atoms with van der Waals surface area (Å²) < 4.78 is 14.4. The van der Waals surface area contributed by atoms with Crippen molar-refractivity contribution in [2.45, 2.75) is 18.9 Å². The lowest BCUT2D eigenvalue weighted by Crippen LogP contribution is -2.37. The third-order valence-corrected chi connectivity index (χ3v) is 3.74. The molecule has 0 spiro atoms. The summed E-state index contributed by atoms with van der Waals surface area (Å²) in [6.07, 6.45) is 4.04. The van der Waals surface area contributed by atoms with Gasteiger partial charge in [-0.2, -0.15) is 0 Å². The minimum atomic E-state index is -0.275. The first-order valence-corrected chi connectivity index (χ1v) is 6.59. The van der Waals surface area contributed by atoms with Crippen LogP contribution in [0.1, 0.15) is 12.8 Å². The van der Waals surface area contributed by atoms with Crippen LogP contribution in [0.2, 0.25) is 0 Å². The van der Waals surface area contributed by atoms with Gasteiger partial charge in [-0.05, 0) is 48.4 Å². The van der Waals surface area contributed by atoms with Crippen LogP contribution in [-0.4, -0.2) is 43.1 Å². The van der Waals surface area contributed by atoms with Crippen molar-refractivity contribution in [2.75, 3.05) is 32.1 Å². The predicted octanol–water partition coefficient (Wildman–Crippen LogP) is 2.51. The van der Waals surface area contributed by atoms with E-state index in [1.54, 1.807) is 6.20 Å². The van der Waals surface area contributed by atoms with E-state index in [1.807, 2.05) is 11.9 Å². The molecule has 0 aromatic carbocycles. The zero-order chi connectivity index (χ0) is 12.4. The fourth-order valence-corrected chi connectivity index (χ4v) is 2.60. The van der Waals surface area contributed by atoms with Crippen LogP contribution in [0.25, 0.3) is 0 Å². The number of halogens is 2. The Labute approximate surface area is 110 Å². The van der Waals surface area contributed by atoms with Gasteiger partial charge in [0.15, 0.2) is 11.6 Å². The minimum absolute atomic E-state index is 0.275. The first-order chi connectivity index (χ1) is 8.08. The number of pyridine rings is 1. The van der Waals surface area contributed by atoms with E-state index in [1.165, 1.54) is 18.9 Å². The number of aromatic nitrogens is 1. The third kappa shape index (κ3) is 2.96. The molecular weight excluding hydrogens is 285 g/mol. The molecular formula is C12H17BrFN3. The zero-order valence-corrected chi connectivity index (χ0v) is 11.7. The van der Waals surface area contributed by atoms with Crippen LogP contribution in [0, 0.1) is 5.82 Å². The maximum Gasteiger partial charge on any atom is 0.166 e. The highest BCUT2D eigenvalue weighted by Crippen LogP contribution is 2.22. The average Bonchev–Trinajstić information content (AvgIpc) is 2.64. The second-order valence-electron chi connectivity index (χ2n) is 4.62. The SMILES string of the molecule is CN(CC1CCCN1C)c1ncc(Br)cc1F. The van der Waals surface area contributed by atoms with Crippen LogP contribution in [0.5, 0.6) is 0 Å². The Bertz CT molecular complexity index is 399. The highest BCUT2D eigenvalue weighted by Gasteiger charge is 2.23. The second-order valence-corrected chi connectivity index (χ2v) is 5.53. The van der Waals surface area contributed by atoms with Gasteiger partial charge in [0.2, 0.25) is 0 Å². The van der Waals surface area contributed by atoms with E-state index in [-0.39, 0.29) is 5.82 Å². The van der Waals surface area contributed by atoms with E-state index in [9.17, 15) is 4.39 Å². The Kier molecular flexibility index (Phi) is 3.99. The summed E-state index contributed by atoms with van der Waals surface area (Å²) in [5.74, 6) is 0.149. The summed E-state index contributed by atoms with van der Waals surface area (Å²) in [6.45, 7) is 1.96. The largest absolute Gasteiger partial charge is 0.356 e. The maximum absolute atomic E-state index is 13.7. The lowest BCUT2D eigenvalue weighted by molar-refractivity contribution is 0.313. The molecule has 2 rings (SSSR count). The van der Waals surface area contributed by atoms with Crippen molar-refractivity contribution in [1.29, 1.82) is 0 Å².